The molecule has 1 aliphatic heterocycles. The molecule has 1 heterocycles. The number of ether oxygens (including phenoxy) is 2. The first-order valence-electron chi connectivity index (χ1n) is 7.65. The van der Waals surface area contributed by atoms with E-state index >= 15 is 0 Å². The fourth-order valence-corrected chi connectivity index (χ4v) is 2.62. The first-order valence-corrected chi connectivity index (χ1v) is 7.65. The molecule has 0 spiro atoms. The molecule has 0 radical (unpaired) electrons. The lowest BCUT2D eigenvalue weighted by atomic mass is 10.2. The second kappa shape index (κ2) is 8.12. The number of nitrogens with zero attached hydrogens (tertiary/aromatic N) is 1. The minimum absolute atomic E-state index is 0.475. The maximum Gasteiger partial charge on any atom is 0.165 e. The molecule has 1 aliphatic rings. The summed E-state index contributed by atoms with van der Waals surface area (Å²) in [5.41, 5.74) is 6.79. The van der Waals surface area contributed by atoms with Crippen molar-refractivity contribution in [1.82, 2.24) is 4.90 Å². The van der Waals surface area contributed by atoms with Crippen molar-refractivity contribution in [3.8, 4) is 11.5 Å². The summed E-state index contributed by atoms with van der Waals surface area (Å²) in [4.78, 5) is 2.50. The number of para-hydroxylation sites is 1. The maximum absolute atomic E-state index is 5.94. The van der Waals surface area contributed by atoms with Gasteiger partial charge in [-0.25, -0.2) is 0 Å². The van der Waals surface area contributed by atoms with Gasteiger partial charge in [0.1, 0.15) is 0 Å². The van der Waals surface area contributed by atoms with Gasteiger partial charge in [0.05, 0.1) is 13.2 Å². The van der Waals surface area contributed by atoms with Gasteiger partial charge in [-0.3, -0.25) is 0 Å². The van der Waals surface area contributed by atoms with Crippen molar-refractivity contribution in [2.75, 3.05) is 32.8 Å². The molecule has 0 bridgehead atoms. The Morgan fingerprint density at radius 2 is 2.00 bits per heavy atom. The number of benzene rings is 1. The third-order valence-corrected chi connectivity index (χ3v) is 3.64. The van der Waals surface area contributed by atoms with E-state index in [0.717, 1.165) is 30.0 Å². The van der Waals surface area contributed by atoms with Crippen molar-refractivity contribution in [1.29, 1.82) is 0 Å². The lowest BCUT2D eigenvalue weighted by Gasteiger charge is -2.17. The highest BCUT2D eigenvalue weighted by atomic mass is 16.5. The number of hydrogen-bond donors (Lipinski definition) is 1. The fraction of sp³-hybridized carbons (Fsp3) is 0.625. The first-order chi connectivity index (χ1) is 9.85. The Kier molecular flexibility index (Phi) is 6.15. The molecule has 1 aromatic carbocycles. The first kappa shape index (κ1) is 15.1. The zero-order chi connectivity index (χ0) is 14.2. The Labute approximate surface area is 121 Å². The molecule has 0 aromatic heterocycles. The minimum atomic E-state index is 0.475. The van der Waals surface area contributed by atoms with E-state index in [1.54, 1.807) is 0 Å². The molecule has 1 fully saturated rings. The van der Waals surface area contributed by atoms with Crippen LogP contribution in [0.1, 0.15) is 31.7 Å². The molecule has 0 atom stereocenters. The van der Waals surface area contributed by atoms with Crippen LogP contribution in [0.5, 0.6) is 11.5 Å². The van der Waals surface area contributed by atoms with Gasteiger partial charge in [0.2, 0.25) is 0 Å². The fourth-order valence-electron chi connectivity index (χ4n) is 2.62. The molecule has 1 aromatic rings. The van der Waals surface area contributed by atoms with Gasteiger partial charge in [-0.2, -0.15) is 0 Å². The molecule has 0 aliphatic carbocycles. The highest BCUT2D eigenvalue weighted by Crippen LogP contribution is 2.31. The molecule has 2 N–H and O–H groups in total. The van der Waals surface area contributed by atoms with Gasteiger partial charge < -0.3 is 20.1 Å². The highest BCUT2D eigenvalue weighted by molar-refractivity contribution is 5.46. The standard InChI is InChI=1S/C16H26N2O2/c1-2-19-15-8-5-7-14(13-17)16(15)20-12-6-11-18-9-3-4-10-18/h5,7-8H,2-4,6,9-13,17H2,1H3. The summed E-state index contributed by atoms with van der Waals surface area (Å²) in [5, 5.41) is 0. The lowest BCUT2D eigenvalue weighted by molar-refractivity contribution is 0.246. The van der Waals surface area contributed by atoms with Crippen LogP contribution in [0, 0.1) is 0 Å². The number of rotatable bonds is 8. The van der Waals surface area contributed by atoms with E-state index in [1.807, 2.05) is 25.1 Å². The SMILES string of the molecule is CCOc1cccc(CN)c1OCCCN1CCCC1. The molecule has 1 saturated heterocycles. The van der Waals surface area contributed by atoms with Gasteiger partial charge in [-0.1, -0.05) is 12.1 Å². The van der Waals surface area contributed by atoms with Crippen LogP contribution in [0.3, 0.4) is 0 Å². The third-order valence-electron chi connectivity index (χ3n) is 3.64. The smallest absolute Gasteiger partial charge is 0.165 e. The van der Waals surface area contributed by atoms with E-state index in [0.29, 0.717) is 19.8 Å². The Bertz CT molecular complexity index is 403. The van der Waals surface area contributed by atoms with Gasteiger partial charge in [-0.15, -0.1) is 0 Å². The molecule has 0 saturated carbocycles. The Hall–Kier alpha value is -1.26. The molecule has 0 amide bonds. The van der Waals surface area contributed by atoms with Crippen LogP contribution < -0.4 is 15.2 Å². The quantitative estimate of drug-likeness (QED) is 0.742. The van der Waals surface area contributed by atoms with E-state index in [9.17, 15) is 0 Å². The minimum Gasteiger partial charge on any atom is -0.490 e. The summed E-state index contributed by atoms with van der Waals surface area (Å²) in [6.07, 6.45) is 3.72. The van der Waals surface area contributed by atoms with Crippen LogP contribution in [0.25, 0.3) is 0 Å². The number of likely N-dealkylation sites (tertiary alicyclic amines) is 1. The van der Waals surface area contributed by atoms with Crippen LogP contribution in [-0.4, -0.2) is 37.7 Å². The molecule has 2 rings (SSSR count). The van der Waals surface area contributed by atoms with Crippen molar-refractivity contribution in [2.24, 2.45) is 5.73 Å². The Morgan fingerprint density at radius 3 is 2.70 bits per heavy atom. The van der Waals surface area contributed by atoms with Crippen molar-refractivity contribution in [3.05, 3.63) is 23.8 Å². The van der Waals surface area contributed by atoms with E-state index in [-0.39, 0.29) is 0 Å². The summed E-state index contributed by atoms with van der Waals surface area (Å²) in [7, 11) is 0. The Morgan fingerprint density at radius 1 is 1.20 bits per heavy atom. The zero-order valence-corrected chi connectivity index (χ0v) is 12.4. The highest BCUT2D eigenvalue weighted by Gasteiger charge is 2.12. The molecule has 4 heteroatoms. The average Bonchev–Trinajstić information content (AvgIpc) is 2.98. The van der Waals surface area contributed by atoms with Crippen LogP contribution in [0.4, 0.5) is 0 Å². The van der Waals surface area contributed by atoms with Gasteiger partial charge >= 0.3 is 0 Å². The predicted molar refractivity (Wildman–Crippen MR) is 81.3 cm³/mol. The van der Waals surface area contributed by atoms with E-state index in [4.69, 9.17) is 15.2 Å². The van der Waals surface area contributed by atoms with Crippen LogP contribution >= 0.6 is 0 Å². The van der Waals surface area contributed by atoms with Gasteiger partial charge in [0, 0.05) is 18.7 Å². The average molecular weight is 278 g/mol. The second-order valence-electron chi connectivity index (χ2n) is 5.13. The predicted octanol–water partition coefficient (Wildman–Crippen LogP) is 2.41. The maximum atomic E-state index is 5.94. The summed E-state index contributed by atoms with van der Waals surface area (Å²) in [5.74, 6) is 1.62. The van der Waals surface area contributed by atoms with Crippen LogP contribution in [0.2, 0.25) is 0 Å². The molecule has 112 valence electrons. The van der Waals surface area contributed by atoms with E-state index in [2.05, 4.69) is 4.90 Å². The van der Waals surface area contributed by atoms with Crippen molar-refractivity contribution in [2.45, 2.75) is 32.7 Å². The number of hydrogen-bond acceptors (Lipinski definition) is 4. The van der Waals surface area contributed by atoms with Gasteiger partial charge in [0.25, 0.3) is 0 Å². The monoisotopic (exact) mass is 278 g/mol. The second-order valence-corrected chi connectivity index (χ2v) is 5.13. The molecular formula is C16H26N2O2. The van der Waals surface area contributed by atoms with E-state index < -0.39 is 0 Å². The molecule has 20 heavy (non-hydrogen) atoms. The Balaban J connectivity index is 1.86. The summed E-state index contributed by atoms with van der Waals surface area (Å²) < 4.78 is 11.6. The normalized spacial score (nSPS) is 15.5. The molecule has 4 nitrogen and oxygen atoms in total. The largest absolute Gasteiger partial charge is 0.490 e. The number of nitrogens with two attached hydrogens (primary N) is 1. The summed E-state index contributed by atoms with van der Waals surface area (Å²) in [6, 6.07) is 5.90. The van der Waals surface area contributed by atoms with Crippen LogP contribution in [-0.2, 0) is 6.54 Å². The summed E-state index contributed by atoms with van der Waals surface area (Å²) >= 11 is 0. The topological polar surface area (TPSA) is 47.7 Å². The molecule has 0 unspecified atom stereocenters. The third kappa shape index (κ3) is 4.12. The summed E-state index contributed by atoms with van der Waals surface area (Å²) in [6.45, 7) is 7.41. The van der Waals surface area contributed by atoms with Gasteiger partial charge in [-0.05, 0) is 45.3 Å². The van der Waals surface area contributed by atoms with Gasteiger partial charge in [0.15, 0.2) is 11.5 Å². The van der Waals surface area contributed by atoms with Crippen molar-refractivity contribution in [3.63, 3.8) is 0 Å². The van der Waals surface area contributed by atoms with Crippen molar-refractivity contribution < 1.29 is 9.47 Å². The molecular weight excluding hydrogens is 252 g/mol. The van der Waals surface area contributed by atoms with Crippen LogP contribution in [0.15, 0.2) is 18.2 Å². The zero-order valence-electron chi connectivity index (χ0n) is 12.4. The van der Waals surface area contributed by atoms with E-state index in [1.165, 1.54) is 25.9 Å². The lowest BCUT2D eigenvalue weighted by Crippen LogP contribution is -2.22. The van der Waals surface area contributed by atoms with Crippen molar-refractivity contribution >= 4 is 0 Å².